The molecule has 4 nitrogen and oxygen atoms in total. The van der Waals surface area contributed by atoms with E-state index in [0.29, 0.717) is 19.4 Å². The number of aliphatic hydroxyl groups excluding tert-OH is 1. The topological polar surface area (TPSA) is 51.5 Å². The first kappa shape index (κ1) is 16.7. The van der Waals surface area contributed by atoms with Crippen molar-refractivity contribution in [1.82, 2.24) is 4.57 Å². The first-order valence-electron chi connectivity index (χ1n) is 8.38. The number of esters is 1. The summed E-state index contributed by atoms with van der Waals surface area (Å²) in [4.78, 5) is 11.5. The number of aliphatic hydroxyl groups is 1. The molecule has 1 aromatic carbocycles. The minimum absolute atomic E-state index is 0.0844. The molecule has 1 saturated heterocycles. The summed E-state index contributed by atoms with van der Waals surface area (Å²) >= 11 is 0. The van der Waals surface area contributed by atoms with E-state index in [0.717, 1.165) is 17.7 Å². The highest BCUT2D eigenvalue weighted by Gasteiger charge is 2.27. The fourth-order valence-electron chi connectivity index (χ4n) is 3.27. The molecule has 0 radical (unpaired) electrons. The van der Waals surface area contributed by atoms with E-state index in [1.165, 1.54) is 17.8 Å². The third-order valence-corrected chi connectivity index (χ3v) is 4.48. The lowest BCUT2D eigenvalue weighted by atomic mass is 10.0. The zero-order chi connectivity index (χ0) is 17.1. The van der Waals surface area contributed by atoms with Crippen molar-refractivity contribution in [2.24, 2.45) is 0 Å². The van der Waals surface area contributed by atoms with Gasteiger partial charge < -0.3 is 14.4 Å². The van der Waals surface area contributed by atoms with Gasteiger partial charge in [-0.25, -0.2) is 4.39 Å². The molecule has 0 bridgehead atoms. The summed E-state index contributed by atoms with van der Waals surface area (Å²) in [5.74, 6) is -0.587. The third-order valence-electron chi connectivity index (χ3n) is 4.48. The van der Waals surface area contributed by atoms with Crippen LogP contribution in [0.1, 0.15) is 31.9 Å². The van der Waals surface area contributed by atoms with Crippen molar-refractivity contribution in [1.29, 1.82) is 0 Å². The fourth-order valence-corrected chi connectivity index (χ4v) is 3.27. The van der Waals surface area contributed by atoms with Crippen LogP contribution in [-0.2, 0) is 22.5 Å². The maximum atomic E-state index is 13.2. The van der Waals surface area contributed by atoms with Gasteiger partial charge in [0.2, 0.25) is 0 Å². The highest BCUT2D eigenvalue weighted by molar-refractivity contribution is 5.71. The number of hydrogen-bond acceptors (Lipinski definition) is 3. The number of carbonyl (C=O) groups excluding carboxylic acids is 1. The van der Waals surface area contributed by atoms with E-state index in [2.05, 4.69) is 17.6 Å². The van der Waals surface area contributed by atoms with E-state index in [1.54, 1.807) is 12.1 Å². The van der Waals surface area contributed by atoms with Gasteiger partial charge in [-0.1, -0.05) is 6.92 Å². The van der Waals surface area contributed by atoms with Gasteiger partial charge in [0.05, 0.1) is 12.5 Å². The SMILES string of the molecule is CCc1ccc(-c2ccc(F)cc2)n1CC[C@H]1C[C@H](O)CC(=O)O1. The monoisotopic (exact) mass is 331 g/mol. The van der Waals surface area contributed by atoms with Crippen molar-refractivity contribution in [3.8, 4) is 11.3 Å². The Balaban J connectivity index is 1.78. The Morgan fingerprint density at radius 1 is 1.25 bits per heavy atom. The van der Waals surface area contributed by atoms with Crippen LogP contribution in [0.5, 0.6) is 0 Å². The van der Waals surface area contributed by atoms with Crippen LogP contribution in [0.2, 0.25) is 0 Å². The maximum absolute atomic E-state index is 13.2. The van der Waals surface area contributed by atoms with Gasteiger partial charge in [-0.15, -0.1) is 0 Å². The number of aryl methyl sites for hydroxylation is 1. The molecule has 1 aliphatic heterocycles. The van der Waals surface area contributed by atoms with Gasteiger partial charge in [0, 0.05) is 30.8 Å². The van der Waals surface area contributed by atoms with Crippen molar-refractivity contribution in [3.63, 3.8) is 0 Å². The van der Waals surface area contributed by atoms with Crippen molar-refractivity contribution in [3.05, 3.63) is 47.9 Å². The molecule has 2 heterocycles. The third kappa shape index (κ3) is 3.67. The summed E-state index contributed by atoms with van der Waals surface area (Å²) in [6.07, 6.45) is 1.24. The Labute approximate surface area is 140 Å². The van der Waals surface area contributed by atoms with Crippen LogP contribution in [0.15, 0.2) is 36.4 Å². The molecule has 128 valence electrons. The van der Waals surface area contributed by atoms with Crippen LogP contribution in [-0.4, -0.2) is 27.9 Å². The normalized spacial score (nSPS) is 20.9. The van der Waals surface area contributed by atoms with Crippen LogP contribution >= 0.6 is 0 Å². The number of cyclic esters (lactones) is 1. The number of nitrogens with zero attached hydrogens (tertiary/aromatic N) is 1. The fraction of sp³-hybridized carbons (Fsp3) is 0.421. The number of halogens is 1. The number of aromatic nitrogens is 1. The van der Waals surface area contributed by atoms with Crippen molar-refractivity contribution < 1.29 is 19.0 Å². The molecule has 2 atom stereocenters. The zero-order valence-corrected chi connectivity index (χ0v) is 13.7. The van der Waals surface area contributed by atoms with Gasteiger partial charge in [0.15, 0.2) is 0 Å². The second-order valence-corrected chi connectivity index (χ2v) is 6.22. The van der Waals surface area contributed by atoms with E-state index in [1.807, 2.05) is 6.07 Å². The number of ether oxygens (including phenoxy) is 1. The summed E-state index contributed by atoms with van der Waals surface area (Å²) < 4.78 is 20.7. The Morgan fingerprint density at radius 3 is 2.67 bits per heavy atom. The molecule has 1 N–H and O–H groups in total. The Bertz CT molecular complexity index is 708. The summed E-state index contributed by atoms with van der Waals surface area (Å²) in [7, 11) is 0. The van der Waals surface area contributed by atoms with Crippen LogP contribution in [0.4, 0.5) is 4.39 Å². The largest absolute Gasteiger partial charge is 0.462 e. The quantitative estimate of drug-likeness (QED) is 0.855. The summed E-state index contributed by atoms with van der Waals surface area (Å²) in [5.41, 5.74) is 3.16. The smallest absolute Gasteiger partial charge is 0.308 e. The second-order valence-electron chi connectivity index (χ2n) is 6.22. The van der Waals surface area contributed by atoms with Crippen molar-refractivity contribution >= 4 is 5.97 Å². The summed E-state index contributed by atoms with van der Waals surface area (Å²) in [6, 6.07) is 10.6. The van der Waals surface area contributed by atoms with E-state index >= 15 is 0 Å². The average molecular weight is 331 g/mol. The molecular weight excluding hydrogens is 309 g/mol. The molecule has 24 heavy (non-hydrogen) atoms. The molecule has 1 aliphatic rings. The van der Waals surface area contributed by atoms with Crippen molar-refractivity contribution in [2.75, 3.05) is 0 Å². The van der Waals surface area contributed by atoms with Crippen LogP contribution < -0.4 is 0 Å². The van der Waals surface area contributed by atoms with Gasteiger partial charge in [-0.3, -0.25) is 4.79 Å². The lowest BCUT2D eigenvalue weighted by molar-refractivity contribution is -0.160. The first-order chi connectivity index (χ1) is 11.6. The molecule has 0 saturated carbocycles. The Hall–Kier alpha value is -2.14. The molecule has 0 spiro atoms. The zero-order valence-electron chi connectivity index (χ0n) is 13.7. The lowest BCUT2D eigenvalue weighted by Crippen LogP contribution is -2.33. The number of carbonyl (C=O) groups is 1. The molecule has 3 rings (SSSR count). The van der Waals surface area contributed by atoms with Gasteiger partial charge in [0.1, 0.15) is 11.9 Å². The molecule has 1 fully saturated rings. The minimum atomic E-state index is -0.608. The van der Waals surface area contributed by atoms with E-state index in [4.69, 9.17) is 4.74 Å². The number of rotatable bonds is 5. The summed E-state index contributed by atoms with van der Waals surface area (Å²) in [5, 5.41) is 9.72. The Morgan fingerprint density at radius 2 is 2.00 bits per heavy atom. The standard InChI is InChI=1S/C19H22FNO3/c1-2-15-7-8-18(13-3-5-14(20)6-4-13)21(15)10-9-17-11-16(22)12-19(23)24-17/h3-8,16-17,22H,2,9-12H2,1H3/t16-,17-/m0/s1. The molecule has 1 aromatic heterocycles. The van der Waals surface area contributed by atoms with Gasteiger partial charge in [-0.05, 0) is 48.4 Å². The van der Waals surface area contributed by atoms with E-state index in [9.17, 15) is 14.3 Å². The van der Waals surface area contributed by atoms with Crippen LogP contribution in [0, 0.1) is 5.82 Å². The van der Waals surface area contributed by atoms with Gasteiger partial charge >= 0.3 is 5.97 Å². The number of benzene rings is 1. The van der Waals surface area contributed by atoms with E-state index in [-0.39, 0.29) is 24.3 Å². The lowest BCUT2D eigenvalue weighted by Gasteiger charge is -2.26. The minimum Gasteiger partial charge on any atom is -0.462 e. The highest BCUT2D eigenvalue weighted by atomic mass is 19.1. The predicted octanol–water partition coefficient (Wildman–Crippen LogP) is 3.31. The average Bonchev–Trinajstić information content (AvgIpc) is 2.95. The van der Waals surface area contributed by atoms with Crippen LogP contribution in [0.3, 0.4) is 0 Å². The van der Waals surface area contributed by atoms with Gasteiger partial charge in [0.25, 0.3) is 0 Å². The van der Waals surface area contributed by atoms with Crippen molar-refractivity contribution in [2.45, 2.75) is 51.4 Å². The first-order valence-corrected chi connectivity index (χ1v) is 8.38. The Kier molecular flexibility index (Phi) is 5.00. The molecule has 5 heteroatoms. The van der Waals surface area contributed by atoms with E-state index < -0.39 is 6.10 Å². The highest BCUT2D eigenvalue weighted by Crippen LogP contribution is 2.25. The number of hydrogen-bond donors (Lipinski definition) is 1. The second kappa shape index (κ2) is 7.18. The molecule has 0 amide bonds. The van der Waals surface area contributed by atoms with Crippen LogP contribution in [0.25, 0.3) is 11.3 Å². The molecular formula is C19H22FNO3. The maximum Gasteiger partial charge on any atom is 0.308 e. The molecule has 0 unspecified atom stereocenters. The summed E-state index contributed by atoms with van der Waals surface area (Å²) in [6.45, 7) is 2.78. The molecule has 2 aromatic rings. The van der Waals surface area contributed by atoms with Gasteiger partial charge in [-0.2, -0.15) is 0 Å². The predicted molar refractivity (Wildman–Crippen MR) is 88.9 cm³/mol. The molecule has 0 aliphatic carbocycles.